The summed E-state index contributed by atoms with van der Waals surface area (Å²) in [5.74, 6) is 1.41. The van der Waals surface area contributed by atoms with Gasteiger partial charge in [0.15, 0.2) is 5.96 Å². The molecule has 1 heterocycles. The van der Waals surface area contributed by atoms with Gasteiger partial charge in [0.05, 0.1) is 17.9 Å². The number of para-hydroxylation sites is 1. The highest BCUT2D eigenvalue weighted by Gasteiger charge is 2.13. The van der Waals surface area contributed by atoms with Gasteiger partial charge < -0.3 is 10.6 Å². The van der Waals surface area contributed by atoms with E-state index in [-0.39, 0.29) is 24.0 Å². The Morgan fingerprint density at radius 2 is 1.81 bits per heavy atom. The lowest BCUT2D eigenvalue weighted by Crippen LogP contribution is -2.44. The van der Waals surface area contributed by atoms with Gasteiger partial charge in [-0.15, -0.1) is 24.0 Å². The zero-order valence-electron chi connectivity index (χ0n) is 16.7. The van der Waals surface area contributed by atoms with Crippen molar-refractivity contribution in [2.24, 2.45) is 10.9 Å². The Morgan fingerprint density at radius 3 is 2.38 bits per heavy atom. The molecule has 0 fully saturated rings. The highest BCUT2D eigenvalue weighted by Crippen LogP contribution is 2.18. The molecule has 0 amide bonds. The molecule has 26 heavy (non-hydrogen) atoms. The summed E-state index contributed by atoms with van der Waals surface area (Å²) < 4.78 is 2.00. The molecule has 2 rings (SSSR count). The Morgan fingerprint density at radius 1 is 1.15 bits per heavy atom. The van der Waals surface area contributed by atoms with Gasteiger partial charge in [-0.1, -0.05) is 32.0 Å². The lowest BCUT2D eigenvalue weighted by molar-refractivity contribution is 0.481. The Hall–Kier alpha value is -1.57. The number of nitrogens with one attached hydrogen (secondary N) is 2. The molecule has 2 N–H and O–H groups in total. The zero-order chi connectivity index (χ0) is 18.4. The van der Waals surface area contributed by atoms with Gasteiger partial charge in [0.25, 0.3) is 0 Å². The van der Waals surface area contributed by atoms with E-state index >= 15 is 0 Å². The lowest BCUT2D eigenvalue weighted by atomic mass is 10.1. The van der Waals surface area contributed by atoms with Crippen LogP contribution in [0.1, 0.15) is 44.6 Å². The highest BCUT2D eigenvalue weighted by molar-refractivity contribution is 14.0. The van der Waals surface area contributed by atoms with Crippen LogP contribution in [-0.2, 0) is 6.54 Å². The monoisotopic (exact) mass is 469 g/mol. The van der Waals surface area contributed by atoms with E-state index in [9.17, 15) is 0 Å². The molecular formula is C20H32IN5. The molecule has 144 valence electrons. The van der Waals surface area contributed by atoms with Gasteiger partial charge in [-0.3, -0.25) is 0 Å². The number of hydrogen-bond donors (Lipinski definition) is 2. The van der Waals surface area contributed by atoms with Crippen LogP contribution in [0.15, 0.2) is 35.3 Å². The molecule has 0 radical (unpaired) electrons. The zero-order valence-corrected chi connectivity index (χ0v) is 19.0. The van der Waals surface area contributed by atoms with E-state index in [0.717, 1.165) is 29.6 Å². The second kappa shape index (κ2) is 10.5. The molecule has 1 aromatic heterocycles. The first-order valence-corrected chi connectivity index (χ1v) is 9.09. The van der Waals surface area contributed by atoms with Crippen molar-refractivity contribution in [1.82, 2.24) is 20.4 Å². The number of hydrogen-bond acceptors (Lipinski definition) is 2. The van der Waals surface area contributed by atoms with Crippen molar-refractivity contribution in [3.63, 3.8) is 0 Å². The SMILES string of the molecule is CCNC(=NCc1c(C)nn(-c2ccccc2)c1C)NC(C)C(C)C.I. The minimum absolute atomic E-state index is 0. The van der Waals surface area contributed by atoms with Crippen LogP contribution in [0, 0.1) is 19.8 Å². The first-order valence-electron chi connectivity index (χ1n) is 9.09. The Balaban J connectivity index is 0.00000338. The number of guanidine groups is 1. The van der Waals surface area contributed by atoms with Crippen molar-refractivity contribution >= 4 is 29.9 Å². The number of halogens is 1. The second-order valence-corrected chi connectivity index (χ2v) is 6.77. The molecule has 0 saturated heterocycles. The number of aryl methyl sites for hydroxylation is 1. The molecule has 1 unspecified atom stereocenters. The number of aliphatic imine (C=N–C) groups is 1. The van der Waals surface area contributed by atoms with E-state index in [1.807, 2.05) is 29.8 Å². The predicted molar refractivity (Wildman–Crippen MR) is 121 cm³/mol. The molecule has 0 saturated carbocycles. The van der Waals surface area contributed by atoms with Crippen LogP contribution in [-0.4, -0.2) is 28.3 Å². The maximum Gasteiger partial charge on any atom is 0.191 e. The van der Waals surface area contributed by atoms with Crippen molar-refractivity contribution in [3.8, 4) is 5.69 Å². The normalized spacial score (nSPS) is 12.7. The number of aromatic nitrogens is 2. The van der Waals surface area contributed by atoms with Crippen molar-refractivity contribution in [2.45, 2.75) is 54.1 Å². The standard InChI is InChI=1S/C20H31N5.HI/c1-7-21-20(23-15(4)14(2)3)22-13-19-16(5)24-25(17(19)6)18-11-9-8-10-12-18;/h8-12,14-15H,7,13H2,1-6H3,(H2,21,22,23);1H. The van der Waals surface area contributed by atoms with Crippen LogP contribution in [0.4, 0.5) is 0 Å². The van der Waals surface area contributed by atoms with Gasteiger partial charge >= 0.3 is 0 Å². The third-order valence-corrected chi connectivity index (χ3v) is 4.55. The fourth-order valence-electron chi connectivity index (χ4n) is 2.58. The van der Waals surface area contributed by atoms with Crippen LogP contribution in [0.25, 0.3) is 5.69 Å². The molecule has 2 aromatic rings. The molecule has 0 aliphatic heterocycles. The second-order valence-electron chi connectivity index (χ2n) is 6.77. The summed E-state index contributed by atoms with van der Waals surface area (Å²) in [6, 6.07) is 10.6. The van der Waals surface area contributed by atoms with Crippen molar-refractivity contribution < 1.29 is 0 Å². The lowest BCUT2D eigenvalue weighted by Gasteiger charge is -2.20. The number of rotatable bonds is 6. The number of benzene rings is 1. The van der Waals surface area contributed by atoms with E-state index in [0.29, 0.717) is 18.5 Å². The molecule has 1 atom stereocenters. The first-order chi connectivity index (χ1) is 11.9. The third kappa shape index (κ3) is 5.72. The van der Waals surface area contributed by atoms with E-state index in [1.54, 1.807) is 0 Å². The van der Waals surface area contributed by atoms with E-state index < -0.39 is 0 Å². The third-order valence-electron chi connectivity index (χ3n) is 4.55. The minimum Gasteiger partial charge on any atom is -0.357 e. The van der Waals surface area contributed by atoms with Crippen LogP contribution >= 0.6 is 24.0 Å². The summed E-state index contributed by atoms with van der Waals surface area (Å²) >= 11 is 0. The van der Waals surface area contributed by atoms with Gasteiger partial charge in [-0.05, 0) is 45.7 Å². The summed E-state index contributed by atoms with van der Waals surface area (Å²) in [5, 5.41) is 11.5. The average molecular weight is 469 g/mol. The molecule has 6 heteroatoms. The van der Waals surface area contributed by atoms with Crippen LogP contribution in [0.2, 0.25) is 0 Å². The maximum atomic E-state index is 4.78. The maximum absolute atomic E-state index is 4.78. The first kappa shape index (κ1) is 22.5. The smallest absolute Gasteiger partial charge is 0.191 e. The Labute approximate surface area is 174 Å². The van der Waals surface area contributed by atoms with Gasteiger partial charge in [-0.2, -0.15) is 5.10 Å². The van der Waals surface area contributed by atoms with E-state index in [4.69, 9.17) is 10.1 Å². The van der Waals surface area contributed by atoms with Gasteiger partial charge in [-0.25, -0.2) is 9.67 Å². The summed E-state index contributed by atoms with van der Waals surface area (Å²) in [7, 11) is 0. The molecule has 0 spiro atoms. The summed E-state index contributed by atoms with van der Waals surface area (Å²) in [5.41, 5.74) is 4.42. The predicted octanol–water partition coefficient (Wildman–Crippen LogP) is 4.21. The van der Waals surface area contributed by atoms with E-state index in [1.165, 1.54) is 5.56 Å². The highest BCUT2D eigenvalue weighted by atomic mass is 127. The topological polar surface area (TPSA) is 54.2 Å². The quantitative estimate of drug-likeness (QED) is 0.379. The Bertz CT molecular complexity index is 706. The largest absolute Gasteiger partial charge is 0.357 e. The average Bonchev–Trinajstić information content (AvgIpc) is 2.88. The summed E-state index contributed by atoms with van der Waals surface area (Å²) in [6.07, 6.45) is 0. The van der Waals surface area contributed by atoms with Crippen LogP contribution in [0.5, 0.6) is 0 Å². The molecular weight excluding hydrogens is 437 g/mol. The molecule has 5 nitrogen and oxygen atoms in total. The summed E-state index contributed by atoms with van der Waals surface area (Å²) in [6.45, 7) is 14.3. The van der Waals surface area contributed by atoms with Gasteiger partial charge in [0, 0.05) is 23.8 Å². The molecule has 0 aliphatic carbocycles. The van der Waals surface area contributed by atoms with Crippen molar-refractivity contribution in [1.29, 1.82) is 0 Å². The van der Waals surface area contributed by atoms with Crippen molar-refractivity contribution in [3.05, 3.63) is 47.3 Å². The van der Waals surface area contributed by atoms with Crippen LogP contribution in [0.3, 0.4) is 0 Å². The Kier molecular flexibility index (Phi) is 9.12. The summed E-state index contributed by atoms with van der Waals surface area (Å²) in [4.78, 5) is 4.78. The van der Waals surface area contributed by atoms with Gasteiger partial charge in [0.2, 0.25) is 0 Å². The fourth-order valence-corrected chi connectivity index (χ4v) is 2.58. The van der Waals surface area contributed by atoms with Crippen LogP contribution < -0.4 is 10.6 Å². The van der Waals surface area contributed by atoms with Crippen molar-refractivity contribution in [2.75, 3.05) is 6.54 Å². The van der Waals surface area contributed by atoms with E-state index in [2.05, 4.69) is 57.4 Å². The molecule has 0 bridgehead atoms. The molecule has 1 aromatic carbocycles. The minimum atomic E-state index is 0. The fraction of sp³-hybridized carbons (Fsp3) is 0.500. The number of nitrogens with zero attached hydrogens (tertiary/aromatic N) is 3. The molecule has 0 aliphatic rings. The van der Waals surface area contributed by atoms with Gasteiger partial charge in [0.1, 0.15) is 0 Å².